The van der Waals surface area contributed by atoms with Crippen LogP contribution in [0.5, 0.6) is 0 Å². The van der Waals surface area contributed by atoms with Gasteiger partial charge in [-0.05, 0) is 24.1 Å². The van der Waals surface area contributed by atoms with Gasteiger partial charge in [0.2, 0.25) is 5.91 Å². The molecule has 0 spiro atoms. The molecule has 1 aliphatic heterocycles. The highest BCUT2D eigenvalue weighted by molar-refractivity contribution is 5.98. The molecule has 0 saturated carbocycles. The Hall–Kier alpha value is -2.17. The summed E-state index contributed by atoms with van der Waals surface area (Å²) in [5, 5.41) is 3.28. The molecule has 0 bridgehead atoms. The molecule has 138 valence electrons. The highest BCUT2D eigenvalue weighted by Crippen LogP contribution is 2.20. The Kier molecular flexibility index (Phi) is 7.82. The largest absolute Gasteiger partial charge is 0.341 e. The lowest BCUT2D eigenvalue weighted by molar-refractivity contribution is -0.130. The zero-order valence-corrected chi connectivity index (χ0v) is 15.6. The van der Waals surface area contributed by atoms with Crippen molar-refractivity contribution < 1.29 is 9.59 Å². The van der Waals surface area contributed by atoms with Crippen LogP contribution in [0.2, 0.25) is 0 Å². The Balaban J connectivity index is 0.00000243. The first-order chi connectivity index (χ1) is 12.2. The van der Waals surface area contributed by atoms with E-state index in [1.54, 1.807) is 0 Å². The molecule has 1 N–H and O–H groups in total. The third kappa shape index (κ3) is 5.41. The Morgan fingerprint density at radius 1 is 0.846 bits per heavy atom. The molecule has 4 nitrogen and oxygen atoms in total. The number of amides is 1. The van der Waals surface area contributed by atoms with Gasteiger partial charge in [0, 0.05) is 38.0 Å². The van der Waals surface area contributed by atoms with Crippen molar-refractivity contribution in [1.82, 2.24) is 10.2 Å². The first kappa shape index (κ1) is 20.1. The van der Waals surface area contributed by atoms with Crippen LogP contribution in [0.25, 0.3) is 11.1 Å². The Morgan fingerprint density at radius 2 is 1.54 bits per heavy atom. The van der Waals surface area contributed by atoms with Crippen molar-refractivity contribution in [2.24, 2.45) is 0 Å². The normalized spacial score (nSPS) is 14.2. The van der Waals surface area contributed by atoms with Crippen LogP contribution >= 0.6 is 12.4 Å². The van der Waals surface area contributed by atoms with E-state index in [1.807, 2.05) is 59.5 Å². The summed E-state index contributed by atoms with van der Waals surface area (Å²) in [6.07, 6.45) is 1.54. The van der Waals surface area contributed by atoms with Crippen molar-refractivity contribution in [2.45, 2.75) is 19.3 Å². The number of hydrogen-bond acceptors (Lipinski definition) is 3. The molecule has 1 aliphatic rings. The first-order valence-corrected chi connectivity index (χ1v) is 8.91. The summed E-state index contributed by atoms with van der Waals surface area (Å²) in [5.74, 6) is 0.110. The van der Waals surface area contributed by atoms with Crippen LogP contribution in [-0.4, -0.2) is 42.8 Å². The summed E-state index contributed by atoms with van der Waals surface area (Å²) in [6, 6.07) is 17.7. The zero-order valence-electron chi connectivity index (χ0n) is 14.8. The lowest BCUT2D eigenvalue weighted by Gasteiger charge is -2.19. The Bertz CT molecular complexity index is 709. The summed E-state index contributed by atoms with van der Waals surface area (Å²) >= 11 is 0. The second-order valence-corrected chi connectivity index (χ2v) is 6.35. The van der Waals surface area contributed by atoms with Crippen molar-refractivity contribution in [3.05, 3.63) is 60.2 Å². The average Bonchev–Trinajstić information content (AvgIpc) is 2.96. The standard InChI is InChI=1S/C21H24N2O2.ClH/c24-20(11-12-21(25)23-15-4-13-22-14-16-23)19-9-7-18(8-10-19)17-5-2-1-3-6-17;/h1-3,5-10,22H,4,11-16H2;1H. The maximum Gasteiger partial charge on any atom is 0.223 e. The number of nitrogens with zero attached hydrogens (tertiary/aromatic N) is 1. The molecule has 1 amide bonds. The molecule has 1 saturated heterocycles. The van der Waals surface area contributed by atoms with Crippen LogP contribution in [0.3, 0.4) is 0 Å². The van der Waals surface area contributed by atoms with E-state index in [0.29, 0.717) is 12.0 Å². The van der Waals surface area contributed by atoms with Gasteiger partial charge >= 0.3 is 0 Å². The van der Waals surface area contributed by atoms with Crippen LogP contribution in [0.4, 0.5) is 0 Å². The number of benzene rings is 2. The molecule has 0 aromatic heterocycles. The SMILES string of the molecule is Cl.O=C(CCC(=O)N1CCCNCC1)c1ccc(-c2ccccc2)cc1. The van der Waals surface area contributed by atoms with Gasteiger partial charge in [0.05, 0.1) is 0 Å². The third-order valence-electron chi connectivity index (χ3n) is 4.57. The van der Waals surface area contributed by atoms with E-state index in [1.165, 1.54) is 0 Å². The van der Waals surface area contributed by atoms with E-state index >= 15 is 0 Å². The van der Waals surface area contributed by atoms with E-state index in [4.69, 9.17) is 0 Å². The van der Waals surface area contributed by atoms with Crippen LogP contribution < -0.4 is 5.32 Å². The number of rotatable bonds is 5. The molecule has 0 aliphatic carbocycles. The smallest absolute Gasteiger partial charge is 0.223 e. The molecule has 0 atom stereocenters. The maximum atomic E-state index is 12.4. The van der Waals surface area contributed by atoms with Crippen LogP contribution in [0.15, 0.2) is 54.6 Å². The molecule has 5 heteroatoms. The molecule has 2 aromatic rings. The minimum atomic E-state index is 0. The number of halogens is 1. The van der Waals surface area contributed by atoms with Crippen LogP contribution in [-0.2, 0) is 4.79 Å². The van der Waals surface area contributed by atoms with Gasteiger partial charge in [0.15, 0.2) is 5.78 Å². The predicted molar refractivity (Wildman–Crippen MR) is 107 cm³/mol. The second kappa shape index (κ2) is 10.1. The summed E-state index contributed by atoms with van der Waals surface area (Å²) in [5.41, 5.74) is 2.89. The van der Waals surface area contributed by atoms with Gasteiger partial charge in [-0.3, -0.25) is 9.59 Å². The molecule has 1 heterocycles. The molecule has 3 rings (SSSR count). The molecular weight excluding hydrogens is 348 g/mol. The van der Waals surface area contributed by atoms with Gasteiger partial charge in [-0.15, -0.1) is 12.4 Å². The van der Waals surface area contributed by atoms with E-state index in [9.17, 15) is 9.59 Å². The van der Waals surface area contributed by atoms with Crippen molar-refractivity contribution in [2.75, 3.05) is 26.2 Å². The van der Waals surface area contributed by atoms with Crippen molar-refractivity contribution >= 4 is 24.1 Å². The molecule has 26 heavy (non-hydrogen) atoms. The van der Waals surface area contributed by atoms with E-state index in [2.05, 4.69) is 5.32 Å². The molecule has 1 fully saturated rings. The van der Waals surface area contributed by atoms with Gasteiger partial charge in [-0.25, -0.2) is 0 Å². The summed E-state index contributed by atoms with van der Waals surface area (Å²) in [6.45, 7) is 3.31. The lowest BCUT2D eigenvalue weighted by atomic mass is 10.0. The highest BCUT2D eigenvalue weighted by Gasteiger charge is 2.16. The predicted octanol–water partition coefficient (Wildman–Crippen LogP) is 3.56. The summed E-state index contributed by atoms with van der Waals surface area (Å²) < 4.78 is 0. The fraction of sp³-hybridized carbons (Fsp3) is 0.333. The van der Waals surface area contributed by atoms with Gasteiger partial charge < -0.3 is 10.2 Å². The molecule has 0 radical (unpaired) electrons. The maximum absolute atomic E-state index is 12.4. The van der Waals surface area contributed by atoms with Gasteiger partial charge in [0.25, 0.3) is 0 Å². The fourth-order valence-corrected chi connectivity index (χ4v) is 3.10. The minimum absolute atomic E-state index is 0. The van der Waals surface area contributed by atoms with Gasteiger partial charge in [0.1, 0.15) is 0 Å². The molecular formula is C21H25ClN2O2. The number of ketones is 1. The highest BCUT2D eigenvalue weighted by atomic mass is 35.5. The third-order valence-corrected chi connectivity index (χ3v) is 4.57. The van der Waals surface area contributed by atoms with Crippen molar-refractivity contribution in [3.63, 3.8) is 0 Å². The average molecular weight is 373 g/mol. The molecule has 0 unspecified atom stereocenters. The van der Waals surface area contributed by atoms with Crippen LogP contribution in [0, 0.1) is 0 Å². The van der Waals surface area contributed by atoms with Crippen molar-refractivity contribution in [1.29, 1.82) is 0 Å². The van der Waals surface area contributed by atoms with E-state index in [-0.39, 0.29) is 30.5 Å². The van der Waals surface area contributed by atoms with E-state index < -0.39 is 0 Å². The zero-order chi connectivity index (χ0) is 17.5. The van der Waals surface area contributed by atoms with Gasteiger partial charge in [-0.1, -0.05) is 54.6 Å². The summed E-state index contributed by atoms with van der Waals surface area (Å²) in [4.78, 5) is 26.5. The Morgan fingerprint density at radius 3 is 2.27 bits per heavy atom. The minimum Gasteiger partial charge on any atom is -0.341 e. The van der Waals surface area contributed by atoms with Gasteiger partial charge in [-0.2, -0.15) is 0 Å². The van der Waals surface area contributed by atoms with Crippen LogP contribution in [0.1, 0.15) is 29.6 Å². The number of carbonyl (C=O) groups excluding carboxylic acids is 2. The summed E-state index contributed by atoms with van der Waals surface area (Å²) in [7, 11) is 0. The Labute approximate surface area is 161 Å². The second-order valence-electron chi connectivity index (χ2n) is 6.35. The number of carbonyl (C=O) groups is 2. The lowest BCUT2D eigenvalue weighted by Crippen LogP contribution is -2.34. The molecule has 2 aromatic carbocycles. The fourth-order valence-electron chi connectivity index (χ4n) is 3.10. The topological polar surface area (TPSA) is 49.4 Å². The monoisotopic (exact) mass is 372 g/mol. The number of hydrogen-bond donors (Lipinski definition) is 1. The number of Topliss-reactive ketones (excluding diaryl/α,β-unsaturated/α-hetero) is 1. The quantitative estimate of drug-likeness (QED) is 0.816. The first-order valence-electron chi connectivity index (χ1n) is 8.91. The van der Waals surface area contributed by atoms with Crippen molar-refractivity contribution in [3.8, 4) is 11.1 Å². The van der Waals surface area contributed by atoms with E-state index in [0.717, 1.165) is 43.7 Å². The number of nitrogens with one attached hydrogen (secondary N) is 1.